The van der Waals surface area contributed by atoms with E-state index >= 15 is 0 Å². The first-order chi connectivity index (χ1) is 6.06. The van der Waals surface area contributed by atoms with Crippen LogP contribution < -0.4 is 0 Å². The summed E-state index contributed by atoms with van der Waals surface area (Å²) in [6, 6.07) is 2.13. The number of aromatic hydroxyl groups is 2. The van der Waals surface area contributed by atoms with E-state index in [4.69, 9.17) is 5.11 Å². The Kier molecular flexibility index (Phi) is 2.32. The molecule has 4 nitrogen and oxygen atoms in total. The van der Waals surface area contributed by atoms with Gasteiger partial charge < -0.3 is 10.2 Å². The third-order valence-corrected chi connectivity index (χ3v) is 1.65. The van der Waals surface area contributed by atoms with E-state index in [-0.39, 0.29) is 28.4 Å². The number of hydrogen-bond donors (Lipinski definition) is 2. The van der Waals surface area contributed by atoms with E-state index in [0.29, 0.717) is 6.29 Å². The van der Waals surface area contributed by atoms with Crippen LogP contribution in [0.25, 0.3) is 0 Å². The maximum atomic E-state index is 10.9. The van der Waals surface area contributed by atoms with Crippen LogP contribution >= 0.6 is 0 Å². The lowest BCUT2D eigenvalue weighted by Gasteiger charge is -2.02. The van der Waals surface area contributed by atoms with Gasteiger partial charge in [0.25, 0.3) is 0 Å². The summed E-state index contributed by atoms with van der Waals surface area (Å²) in [5.74, 6) is -1.02. The molecule has 0 unspecified atom stereocenters. The first-order valence-corrected chi connectivity index (χ1v) is 3.58. The lowest BCUT2D eigenvalue weighted by Crippen LogP contribution is -1.94. The van der Waals surface area contributed by atoms with Gasteiger partial charge in [-0.05, 0) is 13.0 Å². The quantitative estimate of drug-likeness (QED) is 0.528. The Hall–Kier alpha value is -1.84. The van der Waals surface area contributed by atoms with Crippen LogP contribution in [-0.4, -0.2) is 22.3 Å². The van der Waals surface area contributed by atoms with E-state index in [2.05, 4.69) is 0 Å². The number of phenolic OH excluding ortho intramolecular Hbond substituents is 2. The van der Waals surface area contributed by atoms with Crippen molar-refractivity contribution in [3.63, 3.8) is 0 Å². The van der Waals surface area contributed by atoms with E-state index in [1.54, 1.807) is 0 Å². The van der Waals surface area contributed by atoms with Gasteiger partial charge in [0.05, 0.1) is 11.1 Å². The van der Waals surface area contributed by atoms with Crippen molar-refractivity contribution < 1.29 is 19.8 Å². The van der Waals surface area contributed by atoms with Crippen LogP contribution in [0.15, 0.2) is 12.1 Å². The number of phenols is 2. The zero-order valence-corrected chi connectivity index (χ0v) is 6.94. The third-order valence-electron chi connectivity index (χ3n) is 1.65. The summed E-state index contributed by atoms with van der Waals surface area (Å²) in [5, 5.41) is 18.3. The lowest BCUT2D eigenvalue weighted by molar-refractivity contribution is 0.101. The Balaban J connectivity index is 3.38. The maximum Gasteiger partial charge on any atom is 0.163 e. The normalized spacial score (nSPS) is 9.62. The van der Waals surface area contributed by atoms with E-state index < -0.39 is 0 Å². The fraction of sp³-hybridized carbons (Fsp3) is 0.111. The smallest absolute Gasteiger partial charge is 0.163 e. The average molecular weight is 180 g/mol. The average Bonchev–Trinajstić information content (AvgIpc) is 2.03. The number of benzene rings is 1. The van der Waals surface area contributed by atoms with Gasteiger partial charge in [-0.3, -0.25) is 9.59 Å². The molecule has 1 aromatic rings. The molecule has 4 heteroatoms. The number of ketones is 1. The van der Waals surface area contributed by atoms with Crippen LogP contribution in [-0.2, 0) is 0 Å². The van der Waals surface area contributed by atoms with Gasteiger partial charge in [-0.25, -0.2) is 0 Å². The largest absolute Gasteiger partial charge is 0.507 e. The monoisotopic (exact) mass is 180 g/mol. The molecule has 0 radical (unpaired) electrons. The third kappa shape index (κ3) is 1.66. The molecule has 1 rings (SSSR count). The van der Waals surface area contributed by atoms with Gasteiger partial charge in [-0.1, -0.05) is 0 Å². The number of rotatable bonds is 2. The predicted octanol–water partition coefficient (Wildman–Crippen LogP) is 1.11. The molecule has 0 aromatic heterocycles. The van der Waals surface area contributed by atoms with Crippen molar-refractivity contribution in [3.8, 4) is 11.5 Å². The van der Waals surface area contributed by atoms with Gasteiger partial charge in [-0.2, -0.15) is 0 Å². The molecule has 2 N–H and O–H groups in total. The highest BCUT2D eigenvalue weighted by Gasteiger charge is 2.10. The minimum atomic E-state index is -0.361. The summed E-state index contributed by atoms with van der Waals surface area (Å²) in [4.78, 5) is 21.2. The Morgan fingerprint density at radius 1 is 1.31 bits per heavy atom. The van der Waals surface area contributed by atoms with Crippen molar-refractivity contribution in [2.24, 2.45) is 0 Å². The summed E-state index contributed by atoms with van der Waals surface area (Å²) in [7, 11) is 0. The standard InChI is InChI=1S/C9H8O4/c1-5(11)7-2-6(4-10)8(12)3-9(7)13/h2-4,12-13H,1H3. The summed E-state index contributed by atoms with van der Waals surface area (Å²) >= 11 is 0. The van der Waals surface area contributed by atoms with Crippen LogP contribution in [0, 0.1) is 0 Å². The molecule has 1 aromatic carbocycles. The second-order valence-corrected chi connectivity index (χ2v) is 2.60. The first kappa shape index (κ1) is 9.25. The summed E-state index contributed by atoms with van der Waals surface area (Å²) in [5.41, 5.74) is 0.0166. The zero-order valence-electron chi connectivity index (χ0n) is 6.94. The van der Waals surface area contributed by atoms with Gasteiger partial charge >= 0.3 is 0 Å². The second kappa shape index (κ2) is 3.26. The number of Topliss-reactive ketones (excluding diaryl/α,β-unsaturated/α-hetero) is 1. The number of aldehydes is 1. The Bertz CT molecular complexity index is 368. The van der Waals surface area contributed by atoms with Crippen molar-refractivity contribution in [2.75, 3.05) is 0 Å². The highest BCUT2D eigenvalue weighted by Crippen LogP contribution is 2.26. The van der Waals surface area contributed by atoms with Crippen molar-refractivity contribution in [3.05, 3.63) is 23.3 Å². The lowest BCUT2D eigenvalue weighted by atomic mass is 10.1. The first-order valence-electron chi connectivity index (χ1n) is 3.58. The van der Waals surface area contributed by atoms with E-state index in [9.17, 15) is 14.7 Å². The molecule has 0 saturated carbocycles. The van der Waals surface area contributed by atoms with Crippen LogP contribution in [0.1, 0.15) is 27.6 Å². The Morgan fingerprint density at radius 3 is 2.38 bits per heavy atom. The van der Waals surface area contributed by atoms with Gasteiger partial charge in [0.2, 0.25) is 0 Å². The maximum absolute atomic E-state index is 10.9. The zero-order chi connectivity index (χ0) is 10.0. The summed E-state index contributed by atoms with van der Waals surface area (Å²) in [6.07, 6.45) is 0.418. The Labute approximate surface area is 74.4 Å². The van der Waals surface area contributed by atoms with Gasteiger partial charge in [0.1, 0.15) is 11.5 Å². The minimum absolute atomic E-state index is 0.0111. The molecule has 68 valence electrons. The number of carbonyl (C=O) groups is 2. The van der Waals surface area contributed by atoms with Crippen LogP contribution in [0.2, 0.25) is 0 Å². The van der Waals surface area contributed by atoms with Gasteiger partial charge in [0.15, 0.2) is 12.1 Å². The highest BCUT2D eigenvalue weighted by molar-refractivity contribution is 5.99. The van der Waals surface area contributed by atoms with Crippen LogP contribution in [0.4, 0.5) is 0 Å². The highest BCUT2D eigenvalue weighted by atomic mass is 16.3. The van der Waals surface area contributed by atoms with Crippen molar-refractivity contribution in [1.29, 1.82) is 0 Å². The number of carbonyl (C=O) groups excluding carboxylic acids is 2. The summed E-state index contributed by atoms with van der Waals surface area (Å²) < 4.78 is 0. The molecule has 13 heavy (non-hydrogen) atoms. The number of hydrogen-bond acceptors (Lipinski definition) is 4. The molecule has 0 atom stereocenters. The van der Waals surface area contributed by atoms with Gasteiger partial charge in [-0.15, -0.1) is 0 Å². The molecule has 0 aliphatic carbocycles. The van der Waals surface area contributed by atoms with Gasteiger partial charge in [0, 0.05) is 6.07 Å². The van der Waals surface area contributed by atoms with Crippen LogP contribution in [0.5, 0.6) is 11.5 Å². The van der Waals surface area contributed by atoms with Crippen molar-refractivity contribution in [2.45, 2.75) is 6.92 Å². The van der Waals surface area contributed by atoms with E-state index in [1.165, 1.54) is 6.92 Å². The van der Waals surface area contributed by atoms with E-state index in [1.807, 2.05) is 0 Å². The molecule has 0 fully saturated rings. The van der Waals surface area contributed by atoms with Crippen molar-refractivity contribution >= 4 is 12.1 Å². The summed E-state index contributed by atoms with van der Waals surface area (Å²) in [6.45, 7) is 1.26. The fourth-order valence-corrected chi connectivity index (χ4v) is 0.970. The second-order valence-electron chi connectivity index (χ2n) is 2.60. The molecule has 0 amide bonds. The van der Waals surface area contributed by atoms with Crippen molar-refractivity contribution in [1.82, 2.24) is 0 Å². The molecule has 0 spiro atoms. The SMILES string of the molecule is CC(=O)c1cc(C=O)c(O)cc1O. The molecule has 0 saturated heterocycles. The van der Waals surface area contributed by atoms with E-state index in [0.717, 1.165) is 12.1 Å². The molecule has 0 aliphatic rings. The fourth-order valence-electron chi connectivity index (χ4n) is 0.970. The van der Waals surface area contributed by atoms with Crippen LogP contribution in [0.3, 0.4) is 0 Å². The Morgan fingerprint density at radius 2 is 1.92 bits per heavy atom. The topological polar surface area (TPSA) is 74.6 Å². The molecular formula is C9H8O4. The predicted molar refractivity (Wildman–Crippen MR) is 45.2 cm³/mol. The minimum Gasteiger partial charge on any atom is -0.507 e. The molecule has 0 aliphatic heterocycles. The molecule has 0 bridgehead atoms. The molecule has 0 heterocycles. The molecular weight excluding hydrogens is 172 g/mol.